The van der Waals surface area contributed by atoms with Crippen molar-refractivity contribution in [1.82, 2.24) is 9.62 Å². The van der Waals surface area contributed by atoms with E-state index in [9.17, 15) is 13.2 Å². The minimum atomic E-state index is -3.63. The van der Waals surface area contributed by atoms with Crippen molar-refractivity contribution in [3.05, 3.63) is 29.3 Å². The Balaban J connectivity index is 0.00000242. The quantitative estimate of drug-likeness (QED) is 0.827. The number of esters is 1. The summed E-state index contributed by atoms with van der Waals surface area (Å²) in [5.74, 6) is -0.533. The summed E-state index contributed by atoms with van der Waals surface area (Å²) in [4.78, 5) is 11.9. The molecule has 0 spiro atoms. The maximum atomic E-state index is 12.7. The van der Waals surface area contributed by atoms with Crippen molar-refractivity contribution in [1.29, 1.82) is 0 Å². The molecule has 1 aliphatic rings. The fourth-order valence-electron chi connectivity index (χ4n) is 2.53. The first-order valence-electron chi connectivity index (χ1n) is 6.76. The van der Waals surface area contributed by atoms with Gasteiger partial charge >= 0.3 is 5.97 Å². The van der Waals surface area contributed by atoms with Gasteiger partial charge in [0.2, 0.25) is 10.0 Å². The van der Waals surface area contributed by atoms with Crippen LogP contribution in [0.4, 0.5) is 0 Å². The second kappa shape index (κ2) is 7.41. The van der Waals surface area contributed by atoms with Gasteiger partial charge in [-0.15, -0.1) is 12.4 Å². The summed E-state index contributed by atoms with van der Waals surface area (Å²) >= 11 is 0. The molecule has 1 N–H and O–H groups in total. The Morgan fingerprint density at radius 3 is 2.64 bits per heavy atom. The Morgan fingerprint density at radius 1 is 1.41 bits per heavy atom. The number of nitrogens with zero attached hydrogens (tertiary/aromatic N) is 1. The molecule has 0 bridgehead atoms. The molecule has 0 aliphatic carbocycles. The van der Waals surface area contributed by atoms with Crippen LogP contribution in [0.25, 0.3) is 0 Å². The molecule has 2 rings (SSSR count). The zero-order valence-electron chi connectivity index (χ0n) is 12.8. The Morgan fingerprint density at radius 2 is 2.09 bits per heavy atom. The highest BCUT2D eigenvalue weighted by molar-refractivity contribution is 7.89. The highest BCUT2D eigenvalue weighted by Crippen LogP contribution is 2.24. The number of nitrogens with one attached hydrogen (secondary N) is 1. The molecule has 1 fully saturated rings. The number of rotatable bonds is 4. The van der Waals surface area contributed by atoms with E-state index >= 15 is 0 Å². The number of methoxy groups -OCH3 is 1. The van der Waals surface area contributed by atoms with E-state index in [1.165, 1.54) is 17.5 Å². The third kappa shape index (κ3) is 3.43. The summed E-state index contributed by atoms with van der Waals surface area (Å²) in [6.45, 7) is 3.08. The van der Waals surface area contributed by atoms with Crippen LogP contribution in [-0.4, -0.2) is 52.0 Å². The Labute approximate surface area is 137 Å². The summed E-state index contributed by atoms with van der Waals surface area (Å²) in [7, 11) is -0.774. The predicted octanol–water partition coefficient (Wildman–Crippen LogP) is 1.19. The molecular formula is C14H21ClN2O4S. The van der Waals surface area contributed by atoms with E-state index < -0.39 is 16.0 Å². The SMILES string of the molecule is COC(=O)c1cccc(S(=O)(=O)N(C)C2CCNC2)c1C.Cl. The number of hydrogen-bond acceptors (Lipinski definition) is 5. The lowest BCUT2D eigenvalue weighted by Crippen LogP contribution is -2.38. The molecule has 1 aromatic rings. The van der Waals surface area contributed by atoms with Crippen LogP contribution in [-0.2, 0) is 14.8 Å². The first kappa shape index (κ1) is 18.9. The van der Waals surface area contributed by atoms with E-state index in [0.29, 0.717) is 12.1 Å². The van der Waals surface area contributed by atoms with E-state index in [2.05, 4.69) is 10.1 Å². The van der Waals surface area contributed by atoms with Crippen molar-refractivity contribution in [3.63, 3.8) is 0 Å². The zero-order chi connectivity index (χ0) is 15.6. The molecule has 0 radical (unpaired) electrons. The normalized spacial score (nSPS) is 18.1. The number of sulfonamides is 1. The van der Waals surface area contributed by atoms with Gasteiger partial charge in [-0.2, -0.15) is 4.31 Å². The number of carbonyl (C=O) groups excluding carboxylic acids is 1. The molecule has 6 nitrogen and oxygen atoms in total. The average Bonchev–Trinajstić information content (AvgIpc) is 2.99. The van der Waals surface area contributed by atoms with Gasteiger partial charge < -0.3 is 10.1 Å². The van der Waals surface area contributed by atoms with Crippen LogP contribution in [0.3, 0.4) is 0 Å². The lowest BCUT2D eigenvalue weighted by Gasteiger charge is -2.24. The largest absolute Gasteiger partial charge is 0.465 e. The first-order valence-corrected chi connectivity index (χ1v) is 8.20. The van der Waals surface area contributed by atoms with Crippen molar-refractivity contribution in [3.8, 4) is 0 Å². The highest BCUT2D eigenvalue weighted by atomic mass is 35.5. The average molecular weight is 349 g/mol. The third-order valence-electron chi connectivity index (χ3n) is 3.89. The van der Waals surface area contributed by atoms with Gasteiger partial charge in [0, 0.05) is 19.6 Å². The molecule has 0 saturated carbocycles. The van der Waals surface area contributed by atoms with Gasteiger partial charge in [-0.1, -0.05) is 6.07 Å². The van der Waals surface area contributed by atoms with Crippen molar-refractivity contribution >= 4 is 28.4 Å². The van der Waals surface area contributed by atoms with Crippen LogP contribution >= 0.6 is 12.4 Å². The molecule has 1 heterocycles. The molecule has 8 heteroatoms. The lowest BCUT2D eigenvalue weighted by atomic mass is 10.1. The topological polar surface area (TPSA) is 75.7 Å². The summed E-state index contributed by atoms with van der Waals surface area (Å²) in [6.07, 6.45) is 0.783. The second-order valence-electron chi connectivity index (χ2n) is 5.09. The Hall–Kier alpha value is -1.15. The second-order valence-corrected chi connectivity index (χ2v) is 7.05. The molecule has 1 aromatic carbocycles. The molecule has 124 valence electrons. The molecule has 0 amide bonds. The van der Waals surface area contributed by atoms with Gasteiger partial charge in [-0.3, -0.25) is 0 Å². The van der Waals surface area contributed by atoms with Gasteiger partial charge in [0.15, 0.2) is 0 Å². The Kier molecular flexibility index (Phi) is 6.37. The smallest absolute Gasteiger partial charge is 0.338 e. The molecule has 22 heavy (non-hydrogen) atoms. The van der Waals surface area contributed by atoms with E-state index in [1.54, 1.807) is 26.1 Å². The first-order chi connectivity index (χ1) is 9.89. The summed E-state index contributed by atoms with van der Waals surface area (Å²) in [5.41, 5.74) is 0.693. The predicted molar refractivity (Wildman–Crippen MR) is 86.0 cm³/mol. The van der Waals surface area contributed by atoms with E-state index in [-0.39, 0.29) is 28.9 Å². The molecule has 0 aromatic heterocycles. The summed E-state index contributed by atoms with van der Waals surface area (Å²) < 4.78 is 31.6. The van der Waals surface area contributed by atoms with Crippen molar-refractivity contribution < 1.29 is 17.9 Å². The molecule has 1 atom stereocenters. The molecular weight excluding hydrogens is 328 g/mol. The number of benzene rings is 1. The van der Waals surface area contributed by atoms with Gasteiger partial charge in [0.1, 0.15) is 0 Å². The third-order valence-corrected chi connectivity index (χ3v) is 5.95. The van der Waals surface area contributed by atoms with Gasteiger partial charge in [-0.05, 0) is 37.6 Å². The number of halogens is 1. The minimum Gasteiger partial charge on any atom is -0.465 e. The molecule has 1 saturated heterocycles. The van der Waals surface area contributed by atoms with Gasteiger partial charge in [-0.25, -0.2) is 13.2 Å². The number of likely N-dealkylation sites (N-methyl/N-ethyl adjacent to an activating group) is 1. The van der Waals surface area contributed by atoms with Crippen molar-refractivity contribution in [2.45, 2.75) is 24.3 Å². The maximum absolute atomic E-state index is 12.7. The van der Waals surface area contributed by atoms with Crippen LogP contribution in [0, 0.1) is 6.92 Å². The van der Waals surface area contributed by atoms with E-state index in [4.69, 9.17) is 0 Å². The summed E-state index contributed by atoms with van der Waals surface area (Å²) in [6, 6.07) is 4.59. The Bertz CT molecular complexity index is 642. The molecule has 1 aliphatic heterocycles. The minimum absolute atomic E-state index is 0. The van der Waals surface area contributed by atoms with Gasteiger partial charge in [0.25, 0.3) is 0 Å². The van der Waals surface area contributed by atoms with Crippen LogP contribution < -0.4 is 5.32 Å². The molecule has 1 unspecified atom stereocenters. The fourth-order valence-corrected chi connectivity index (χ4v) is 4.16. The van der Waals surface area contributed by atoms with Crippen LogP contribution in [0.2, 0.25) is 0 Å². The highest BCUT2D eigenvalue weighted by Gasteiger charge is 2.31. The fraction of sp³-hybridized carbons (Fsp3) is 0.500. The number of hydrogen-bond donors (Lipinski definition) is 1. The van der Waals surface area contributed by atoms with Crippen molar-refractivity contribution in [2.24, 2.45) is 0 Å². The van der Waals surface area contributed by atoms with Crippen LogP contribution in [0.5, 0.6) is 0 Å². The van der Waals surface area contributed by atoms with E-state index in [1.807, 2.05) is 0 Å². The maximum Gasteiger partial charge on any atom is 0.338 e. The monoisotopic (exact) mass is 348 g/mol. The van der Waals surface area contributed by atoms with Gasteiger partial charge in [0.05, 0.1) is 17.6 Å². The number of ether oxygens (including phenoxy) is 1. The zero-order valence-corrected chi connectivity index (χ0v) is 14.5. The van der Waals surface area contributed by atoms with Crippen molar-refractivity contribution in [2.75, 3.05) is 27.2 Å². The summed E-state index contributed by atoms with van der Waals surface area (Å²) in [5, 5.41) is 3.15. The standard InChI is InChI=1S/C14H20N2O4S.ClH/c1-10-12(14(17)20-3)5-4-6-13(10)21(18,19)16(2)11-7-8-15-9-11;/h4-6,11,15H,7-9H2,1-3H3;1H. The van der Waals surface area contributed by atoms with Crippen LogP contribution in [0.15, 0.2) is 23.1 Å². The number of carbonyl (C=O) groups is 1. The lowest BCUT2D eigenvalue weighted by molar-refractivity contribution is 0.0599. The van der Waals surface area contributed by atoms with Crippen LogP contribution in [0.1, 0.15) is 22.3 Å². The van der Waals surface area contributed by atoms with E-state index in [0.717, 1.165) is 13.0 Å².